The maximum Gasteiger partial charge on any atom is 0.263 e. The molecule has 0 aliphatic carbocycles. The molecule has 2 atom stereocenters. The number of ether oxygens (including phenoxy) is 2. The molecule has 1 aliphatic heterocycles. The Kier molecular flexibility index (Phi) is 6.92. The van der Waals surface area contributed by atoms with E-state index in [9.17, 15) is 14.4 Å². The van der Waals surface area contributed by atoms with Gasteiger partial charge in [-0.05, 0) is 32.0 Å². The van der Waals surface area contributed by atoms with Crippen LogP contribution in [0.4, 0.5) is 11.5 Å². The van der Waals surface area contributed by atoms with Gasteiger partial charge < -0.3 is 35.3 Å². The number of nitrogens with one attached hydrogen (secondary N) is 2. The van der Waals surface area contributed by atoms with Gasteiger partial charge in [0, 0.05) is 50.6 Å². The number of piperazine rings is 1. The summed E-state index contributed by atoms with van der Waals surface area (Å²) in [5.41, 5.74) is 6.30. The molecule has 3 rings (SSSR count). The second kappa shape index (κ2) is 9.63. The first kappa shape index (κ1) is 23.0. The summed E-state index contributed by atoms with van der Waals surface area (Å²) in [5, 5.41) is 2.55. The second-order valence-electron chi connectivity index (χ2n) is 7.64. The highest BCUT2D eigenvalue weighted by Gasteiger charge is 2.32. The smallest absolute Gasteiger partial charge is 0.263 e. The van der Waals surface area contributed by atoms with Crippen LogP contribution in [-0.4, -0.2) is 67.6 Å². The number of hydrogen-bond acceptors (Lipinski definition) is 7. The lowest BCUT2D eigenvalue weighted by Gasteiger charge is -2.41. The molecule has 1 aromatic heterocycles. The fourth-order valence-electron chi connectivity index (χ4n) is 3.76. The Labute approximate surface area is 186 Å². The standard InChI is InChI=1S/C22H29N5O5/c1-13-12-26(20-19(23)16(28)7-8-25-20)9-10-27(13)22(30)14(2)32-17-6-5-15(21(29)24-3)11-18(17)31-4/h5-8,11,13-14H,9-10,12,23H2,1-4H3,(H,24,29)(H,25,28)/t13-,14?/m1/s1. The van der Waals surface area contributed by atoms with Gasteiger partial charge in [0.05, 0.1) is 7.11 Å². The summed E-state index contributed by atoms with van der Waals surface area (Å²) in [6.45, 7) is 5.12. The fourth-order valence-corrected chi connectivity index (χ4v) is 3.76. The summed E-state index contributed by atoms with van der Waals surface area (Å²) in [6, 6.07) is 6.06. The molecule has 2 amide bonds. The van der Waals surface area contributed by atoms with Crippen LogP contribution in [0.5, 0.6) is 11.5 Å². The van der Waals surface area contributed by atoms with Gasteiger partial charge in [-0.1, -0.05) is 0 Å². The summed E-state index contributed by atoms with van der Waals surface area (Å²) in [5.74, 6) is 0.908. The molecule has 2 aromatic rings. The predicted molar refractivity (Wildman–Crippen MR) is 121 cm³/mol. The van der Waals surface area contributed by atoms with Crippen molar-refractivity contribution in [2.45, 2.75) is 26.0 Å². The lowest BCUT2D eigenvalue weighted by molar-refractivity contribution is -0.140. The van der Waals surface area contributed by atoms with Crippen LogP contribution in [0.3, 0.4) is 0 Å². The van der Waals surface area contributed by atoms with E-state index in [0.717, 1.165) is 0 Å². The Balaban J connectivity index is 1.68. The van der Waals surface area contributed by atoms with Gasteiger partial charge in [-0.15, -0.1) is 0 Å². The SMILES string of the molecule is CNC(=O)c1ccc(OC(C)C(=O)N2CCN(c3[nH]ccc(=O)c3N)C[C@H]2C)c(OC)c1. The molecule has 1 saturated heterocycles. The Hall–Kier alpha value is -3.69. The third-order valence-electron chi connectivity index (χ3n) is 5.51. The summed E-state index contributed by atoms with van der Waals surface area (Å²) in [4.78, 5) is 43.5. The minimum absolute atomic E-state index is 0.122. The van der Waals surface area contributed by atoms with E-state index in [2.05, 4.69) is 10.3 Å². The van der Waals surface area contributed by atoms with Gasteiger partial charge in [-0.3, -0.25) is 14.4 Å². The fraction of sp³-hybridized carbons (Fsp3) is 0.409. The Morgan fingerprint density at radius 3 is 2.66 bits per heavy atom. The molecule has 1 aromatic carbocycles. The summed E-state index contributed by atoms with van der Waals surface area (Å²) < 4.78 is 11.2. The number of anilines is 2. The molecule has 172 valence electrons. The quantitative estimate of drug-likeness (QED) is 0.603. The van der Waals surface area contributed by atoms with Crippen molar-refractivity contribution in [1.82, 2.24) is 15.2 Å². The number of nitrogens with zero attached hydrogens (tertiary/aromatic N) is 2. The monoisotopic (exact) mass is 443 g/mol. The van der Waals surface area contributed by atoms with Gasteiger partial charge in [0.2, 0.25) is 5.43 Å². The molecule has 4 N–H and O–H groups in total. The van der Waals surface area contributed by atoms with Crippen molar-refractivity contribution >= 4 is 23.3 Å². The first-order valence-corrected chi connectivity index (χ1v) is 10.4. The molecule has 2 heterocycles. The molecule has 0 saturated carbocycles. The number of H-pyrrole nitrogens is 1. The number of rotatable bonds is 6. The summed E-state index contributed by atoms with van der Waals surface area (Å²) in [6.07, 6.45) is 0.805. The number of carbonyl (C=O) groups excluding carboxylic acids is 2. The zero-order valence-corrected chi connectivity index (χ0v) is 18.7. The average molecular weight is 444 g/mol. The number of amides is 2. The number of pyridine rings is 1. The van der Waals surface area contributed by atoms with Crippen molar-refractivity contribution < 1.29 is 19.1 Å². The zero-order chi connectivity index (χ0) is 23.4. The number of aromatic amines is 1. The molecular weight excluding hydrogens is 414 g/mol. The van der Waals surface area contributed by atoms with Crippen LogP contribution in [0, 0.1) is 0 Å². The Morgan fingerprint density at radius 2 is 2.00 bits per heavy atom. The zero-order valence-electron chi connectivity index (χ0n) is 18.7. The van der Waals surface area contributed by atoms with Crippen LogP contribution in [0.15, 0.2) is 35.3 Å². The van der Waals surface area contributed by atoms with E-state index in [1.54, 1.807) is 43.3 Å². The molecular formula is C22H29N5O5. The van der Waals surface area contributed by atoms with Crippen LogP contribution in [-0.2, 0) is 4.79 Å². The molecule has 0 bridgehead atoms. The number of carbonyl (C=O) groups is 2. The molecule has 1 unspecified atom stereocenters. The van der Waals surface area contributed by atoms with Crippen molar-refractivity contribution in [1.29, 1.82) is 0 Å². The van der Waals surface area contributed by atoms with Gasteiger partial charge in [-0.25, -0.2) is 0 Å². The summed E-state index contributed by atoms with van der Waals surface area (Å²) >= 11 is 0. The highest BCUT2D eigenvalue weighted by Crippen LogP contribution is 2.29. The number of benzene rings is 1. The van der Waals surface area contributed by atoms with Gasteiger partial charge in [0.1, 0.15) is 11.5 Å². The van der Waals surface area contributed by atoms with Crippen LogP contribution >= 0.6 is 0 Å². The van der Waals surface area contributed by atoms with Crippen molar-refractivity contribution in [2.75, 3.05) is 44.4 Å². The number of aromatic nitrogens is 1. The third kappa shape index (κ3) is 4.63. The van der Waals surface area contributed by atoms with Crippen LogP contribution in [0.1, 0.15) is 24.2 Å². The number of methoxy groups -OCH3 is 1. The molecule has 1 fully saturated rings. The second-order valence-corrected chi connectivity index (χ2v) is 7.64. The molecule has 0 radical (unpaired) electrons. The largest absolute Gasteiger partial charge is 0.493 e. The van der Waals surface area contributed by atoms with Crippen molar-refractivity contribution in [3.63, 3.8) is 0 Å². The van der Waals surface area contributed by atoms with Gasteiger partial charge in [0.15, 0.2) is 17.6 Å². The van der Waals surface area contributed by atoms with Crippen molar-refractivity contribution in [2.24, 2.45) is 0 Å². The van der Waals surface area contributed by atoms with E-state index in [1.807, 2.05) is 11.8 Å². The Bertz CT molecular complexity index is 1050. The molecule has 10 heteroatoms. The van der Waals surface area contributed by atoms with Crippen LogP contribution in [0.25, 0.3) is 0 Å². The molecule has 0 spiro atoms. The van der Waals surface area contributed by atoms with Crippen molar-refractivity contribution in [3.8, 4) is 11.5 Å². The van der Waals surface area contributed by atoms with Gasteiger partial charge in [0.25, 0.3) is 11.8 Å². The highest BCUT2D eigenvalue weighted by atomic mass is 16.5. The minimum Gasteiger partial charge on any atom is -0.493 e. The van der Waals surface area contributed by atoms with Gasteiger partial charge in [-0.2, -0.15) is 0 Å². The van der Waals surface area contributed by atoms with E-state index < -0.39 is 6.10 Å². The van der Waals surface area contributed by atoms with E-state index >= 15 is 0 Å². The number of nitrogen functional groups attached to an aromatic ring is 1. The first-order chi connectivity index (χ1) is 15.3. The van der Waals surface area contributed by atoms with Crippen LogP contribution < -0.4 is 30.9 Å². The first-order valence-electron chi connectivity index (χ1n) is 10.4. The predicted octanol–water partition coefficient (Wildman–Crippen LogP) is 0.830. The van der Waals surface area contributed by atoms with E-state index in [-0.39, 0.29) is 29.0 Å². The topological polar surface area (TPSA) is 130 Å². The summed E-state index contributed by atoms with van der Waals surface area (Å²) in [7, 11) is 3.02. The van der Waals surface area contributed by atoms with Gasteiger partial charge >= 0.3 is 0 Å². The Morgan fingerprint density at radius 1 is 1.25 bits per heavy atom. The maximum absolute atomic E-state index is 13.1. The number of nitrogens with two attached hydrogens (primary N) is 1. The van der Waals surface area contributed by atoms with E-state index in [1.165, 1.54) is 13.2 Å². The normalized spacial score (nSPS) is 16.9. The maximum atomic E-state index is 13.1. The lowest BCUT2D eigenvalue weighted by atomic mass is 10.1. The van der Waals surface area contributed by atoms with E-state index in [0.29, 0.717) is 42.5 Å². The average Bonchev–Trinajstić information content (AvgIpc) is 2.80. The molecule has 1 aliphatic rings. The minimum atomic E-state index is -0.759. The number of hydrogen-bond donors (Lipinski definition) is 3. The van der Waals surface area contributed by atoms with E-state index in [4.69, 9.17) is 15.2 Å². The highest BCUT2D eigenvalue weighted by molar-refractivity contribution is 5.94. The van der Waals surface area contributed by atoms with Crippen LogP contribution in [0.2, 0.25) is 0 Å². The lowest BCUT2D eigenvalue weighted by Crippen LogP contribution is -2.57. The third-order valence-corrected chi connectivity index (χ3v) is 5.51. The van der Waals surface area contributed by atoms with Crippen molar-refractivity contribution in [3.05, 3.63) is 46.2 Å². The molecule has 10 nitrogen and oxygen atoms in total. The molecule has 32 heavy (non-hydrogen) atoms.